The number of ether oxygens (including phenoxy) is 1. The van der Waals surface area contributed by atoms with Crippen LogP contribution in [0.4, 0.5) is 8.78 Å². The molecule has 17 heavy (non-hydrogen) atoms. The van der Waals surface area contributed by atoms with Crippen LogP contribution in [0.15, 0.2) is 18.2 Å². The summed E-state index contributed by atoms with van der Waals surface area (Å²) in [4.78, 5) is 0. The summed E-state index contributed by atoms with van der Waals surface area (Å²) in [5.74, 6) is 0. The molecule has 0 aliphatic rings. The Hall–Kier alpha value is -1.00. The van der Waals surface area contributed by atoms with E-state index < -0.39 is 13.0 Å². The number of alkyl halides is 2. The zero-order valence-electron chi connectivity index (χ0n) is 10.5. The third-order valence-corrected chi connectivity index (χ3v) is 2.52. The van der Waals surface area contributed by atoms with Crippen molar-refractivity contribution in [1.29, 1.82) is 0 Å². The van der Waals surface area contributed by atoms with Crippen molar-refractivity contribution in [3.8, 4) is 0 Å². The molecular formula is C13H19F2NO. The van der Waals surface area contributed by atoms with Gasteiger partial charge in [0, 0.05) is 0 Å². The van der Waals surface area contributed by atoms with Crippen LogP contribution in [0, 0.1) is 13.8 Å². The van der Waals surface area contributed by atoms with Gasteiger partial charge in [-0.1, -0.05) is 29.3 Å². The molecule has 0 aliphatic carbocycles. The molecule has 0 saturated carbocycles. The average molecular weight is 243 g/mol. The van der Waals surface area contributed by atoms with Crippen molar-refractivity contribution < 1.29 is 13.5 Å². The number of likely N-dealkylation sites (N-methyl/N-ethyl adjacent to an activating group) is 1. The Morgan fingerprint density at radius 2 is 1.71 bits per heavy atom. The Bertz CT molecular complexity index is 335. The highest BCUT2D eigenvalue weighted by Gasteiger charge is 2.11. The minimum Gasteiger partial charge on any atom is -0.374 e. The quantitative estimate of drug-likeness (QED) is 0.829. The molecule has 1 N–H and O–H groups in total. The summed E-state index contributed by atoms with van der Waals surface area (Å²) in [6, 6.07) is 6.11. The smallest absolute Gasteiger partial charge is 0.261 e. The van der Waals surface area contributed by atoms with Crippen LogP contribution >= 0.6 is 0 Å². The standard InChI is InChI=1S/C13H19F2NO/c1-9-4-10(2)6-11(5-9)12(16-3)7-17-8-13(14)15/h4-6,12-13,16H,7-8H2,1-3H3. The van der Waals surface area contributed by atoms with Crippen molar-refractivity contribution in [3.63, 3.8) is 0 Å². The van der Waals surface area contributed by atoms with E-state index in [4.69, 9.17) is 4.74 Å². The van der Waals surface area contributed by atoms with Crippen LogP contribution in [0.2, 0.25) is 0 Å². The summed E-state index contributed by atoms with van der Waals surface area (Å²) in [6.07, 6.45) is -2.41. The Balaban J connectivity index is 2.65. The largest absolute Gasteiger partial charge is 0.374 e. The lowest BCUT2D eigenvalue weighted by atomic mass is 10.0. The van der Waals surface area contributed by atoms with E-state index >= 15 is 0 Å². The molecular weight excluding hydrogens is 224 g/mol. The zero-order valence-corrected chi connectivity index (χ0v) is 10.5. The first kappa shape index (κ1) is 14.1. The fourth-order valence-corrected chi connectivity index (χ4v) is 1.83. The molecule has 1 unspecified atom stereocenters. The van der Waals surface area contributed by atoms with Gasteiger partial charge in [0.15, 0.2) is 0 Å². The Kier molecular flexibility index (Phi) is 5.51. The van der Waals surface area contributed by atoms with Crippen LogP contribution in [-0.4, -0.2) is 26.7 Å². The molecule has 1 aromatic carbocycles. The van der Waals surface area contributed by atoms with Gasteiger partial charge in [-0.25, -0.2) is 8.78 Å². The van der Waals surface area contributed by atoms with E-state index in [1.807, 2.05) is 26.0 Å². The molecule has 0 aromatic heterocycles. The molecule has 2 nitrogen and oxygen atoms in total. The second-order valence-corrected chi connectivity index (χ2v) is 4.19. The minimum atomic E-state index is -2.41. The van der Waals surface area contributed by atoms with Gasteiger partial charge in [0.25, 0.3) is 6.43 Å². The highest BCUT2D eigenvalue weighted by atomic mass is 19.3. The van der Waals surface area contributed by atoms with E-state index in [0.29, 0.717) is 0 Å². The maximum Gasteiger partial charge on any atom is 0.261 e. The lowest BCUT2D eigenvalue weighted by Crippen LogP contribution is -2.23. The van der Waals surface area contributed by atoms with E-state index in [1.54, 1.807) is 7.05 Å². The molecule has 4 heteroatoms. The van der Waals surface area contributed by atoms with Crippen molar-refractivity contribution in [2.75, 3.05) is 20.3 Å². The summed E-state index contributed by atoms with van der Waals surface area (Å²) >= 11 is 0. The molecule has 0 fully saturated rings. The van der Waals surface area contributed by atoms with Crippen molar-refractivity contribution in [1.82, 2.24) is 5.32 Å². The van der Waals surface area contributed by atoms with E-state index in [1.165, 1.54) is 0 Å². The number of aryl methyl sites for hydroxylation is 2. The Morgan fingerprint density at radius 3 is 2.18 bits per heavy atom. The molecule has 0 aliphatic heterocycles. The number of benzene rings is 1. The summed E-state index contributed by atoms with van der Waals surface area (Å²) in [7, 11) is 1.80. The molecule has 0 heterocycles. The lowest BCUT2D eigenvalue weighted by Gasteiger charge is -2.18. The van der Waals surface area contributed by atoms with Gasteiger partial charge in [-0.15, -0.1) is 0 Å². The van der Waals surface area contributed by atoms with Crippen LogP contribution in [0.1, 0.15) is 22.7 Å². The van der Waals surface area contributed by atoms with Gasteiger partial charge in [-0.3, -0.25) is 0 Å². The highest BCUT2D eigenvalue weighted by molar-refractivity contribution is 5.30. The van der Waals surface area contributed by atoms with Crippen molar-refractivity contribution in [2.24, 2.45) is 0 Å². The lowest BCUT2D eigenvalue weighted by molar-refractivity contribution is 0.00985. The molecule has 1 atom stereocenters. The van der Waals surface area contributed by atoms with Gasteiger partial charge in [0.1, 0.15) is 6.61 Å². The van der Waals surface area contributed by atoms with Crippen LogP contribution in [0.5, 0.6) is 0 Å². The maximum absolute atomic E-state index is 12.0. The van der Waals surface area contributed by atoms with Gasteiger partial charge >= 0.3 is 0 Å². The fraction of sp³-hybridized carbons (Fsp3) is 0.538. The van der Waals surface area contributed by atoms with Gasteiger partial charge in [0.2, 0.25) is 0 Å². The third-order valence-electron chi connectivity index (χ3n) is 2.52. The summed E-state index contributed by atoms with van der Waals surface area (Å²) in [6.45, 7) is 3.78. The third kappa shape index (κ3) is 4.79. The van der Waals surface area contributed by atoms with Crippen LogP contribution in [0.25, 0.3) is 0 Å². The van der Waals surface area contributed by atoms with Crippen molar-refractivity contribution in [2.45, 2.75) is 26.3 Å². The monoisotopic (exact) mass is 243 g/mol. The minimum absolute atomic E-state index is 0.0488. The first-order valence-electron chi connectivity index (χ1n) is 5.64. The van der Waals surface area contributed by atoms with E-state index in [-0.39, 0.29) is 12.6 Å². The first-order chi connectivity index (χ1) is 8.02. The van der Waals surface area contributed by atoms with E-state index in [2.05, 4.69) is 11.4 Å². The van der Waals surface area contributed by atoms with Crippen LogP contribution in [-0.2, 0) is 4.74 Å². The number of rotatable bonds is 6. The van der Waals surface area contributed by atoms with Crippen LogP contribution < -0.4 is 5.32 Å². The second kappa shape index (κ2) is 6.67. The normalized spacial score (nSPS) is 13.1. The zero-order chi connectivity index (χ0) is 12.8. The molecule has 0 bridgehead atoms. The molecule has 1 rings (SSSR count). The van der Waals surface area contributed by atoms with Gasteiger partial charge < -0.3 is 10.1 Å². The molecule has 1 aromatic rings. The first-order valence-corrected chi connectivity index (χ1v) is 5.64. The highest BCUT2D eigenvalue weighted by Crippen LogP contribution is 2.17. The van der Waals surface area contributed by atoms with E-state index in [9.17, 15) is 8.78 Å². The molecule has 0 amide bonds. The van der Waals surface area contributed by atoms with Crippen molar-refractivity contribution >= 4 is 0 Å². The average Bonchev–Trinajstić information content (AvgIpc) is 2.22. The molecule has 0 spiro atoms. The Morgan fingerprint density at radius 1 is 1.12 bits per heavy atom. The summed E-state index contributed by atoms with van der Waals surface area (Å²) in [5.41, 5.74) is 3.39. The van der Waals surface area contributed by atoms with Crippen LogP contribution in [0.3, 0.4) is 0 Å². The van der Waals surface area contributed by atoms with Gasteiger partial charge in [0.05, 0.1) is 12.6 Å². The molecule has 96 valence electrons. The predicted molar refractivity (Wildman–Crippen MR) is 64.5 cm³/mol. The predicted octanol–water partition coefficient (Wildman–Crippen LogP) is 2.85. The summed E-state index contributed by atoms with van der Waals surface area (Å²) < 4.78 is 28.9. The second-order valence-electron chi connectivity index (χ2n) is 4.19. The topological polar surface area (TPSA) is 21.3 Å². The maximum atomic E-state index is 12.0. The summed E-state index contributed by atoms with van der Waals surface area (Å²) in [5, 5.41) is 3.08. The van der Waals surface area contributed by atoms with Gasteiger partial charge in [-0.05, 0) is 26.5 Å². The Labute approximate surface area is 101 Å². The molecule has 0 saturated heterocycles. The fourth-order valence-electron chi connectivity index (χ4n) is 1.83. The molecule has 0 radical (unpaired) electrons. The number of hydrogen-bond acceptors (Lipinski definition) is 2. The SMILES string of the molecule is CNC(COCC(F)F)c1cc(C)cc(C)c1. The number of halogens is 2. The number of hydrogen-bond donors (Lipinski definition) is 1. The van der Waals surface area contributed by atoms with E-state index in [0.717, 1.165) is 16.7 Å². The number of nitrogens with one attached hydrogen (secondary N) is 1. The van der Waals surface area contributed by atoms with Crippen molar-refractivity contribution in [3.05, 3.63) is 34.9 Å². The van der Waals surface area contributed by atoms with Gasteiger partial charge in [-0.2, -0.15) is 0 Å².